The van der Waals surface area contributed by atoms with E-state index in [0.29, 0.717) is 6.54 Å². The quantitative estimate of drug-likeness (QED) is 0.301. The van der Waals surface area contributed by atoms with E-state index in [0.717, 1.165) is 63.6 Å². The molecule has 0 atom stereocenters. The molecule has 6 heteroatoms. The van der Waals surface area contributed by atoms with Gasteiger partial charge in [0.1, 0.15) is 0 Å². The predicted octanol–water partition coefficient (Wildman–Crippen LogP) is 6.75. The largest absolute Gasteiger partial charge is 0.326 e. The van der Waals surface area contributed by atoms with E-state index in [1.54, 1.807) is 12.4 Å². The number of urea groups is 1. The monoisotopic (exact) mass is 528 g/mol. The van der Waals surface area contributed by atoms with E-state index < -0.39 is 0 Å². The lowest BCUT2D eigenvalue weighted by Crippen LogP contribution is -2.33. The molecule has 2 heterocycles. The van der Waals surface area contributed by atoms with Crippen LogP contribution in [0.3, 0.4) is 0 Å². The van der Waals surface area contributed by atoms with E-state index >= 15 is 0 Å². The zero-order chi connectivity index (χ0) is 24.4. The Balaban J connectivity index is 1.41. The van der Waals surface area contributed by atoms with Crippen LogP contribution in [-0.4, -0.2) is 43.1 Å². The number of hydrogen-bond acceptors (Lipinski definition) is 3. The van der Waals surface area contributed by atoms with Gasteiger partial charge in [0.05, 0.1) is 5.69 Å². The van der Waals surface area contributed by atoms with Gasteiger partial charge in [0.25, 0.3) is 0 Å². The number of fused-ring (bicyclic) bond motifs is 2. The predicted molar refractivity (Wildman–Crippen MR) is 148 cm³/mol. The summed E-state index contributed by atoms with van der Waals surface area (Å²) in [5.41, 5.74) is 6.52. The standard InChI is InChI=1S/C29H29BrN4O/c1-33(2)16-5-6-21-19-28-22(18-26(21)30)13-17-34(28)29(35)32-27-10-9-23(20-11-14-31-15-12-20)24-7-3-4-8-25(24)27/h3-4,7-12,14-15,18-19H,5-6,13,16-17H2,1-2H3,(H,32,35). The van der Waals surface area contributed by atoms with E-state index in [4.69, 9.17) is 0 Å². The molecule has 2 amide bonds. The summed E-state index contributed by atoms with van der Waals surface area (Å²) in [6.45, 7) is 1.72. The number of hydrogen-bond donors (Lipinski definition) is 1. The van der Waals surface area contributed by atoms with Crippen molar-refractivity contribution in [1.82, 2.24) is 9.88 Å². The number of anilines is 2. The lowest BCUT2D eigenvalue weighted by molar-refractivity contribution is 0.257. The molecule has 1 N–H and O–H groups in total. The fraction of sp³-hybridized carbons (Fsp3) is 0.241. The number of amides is 2. The second kappa shape index (κ2) is 10.2. The Kier molecular flexibility index (Phi) is 6.84. The Morgan fingerprint density at radius 2 is 1.83 bits per heavy atom. The van der Waals surface area contributed by atoms with Crippen molar-refractivity contribution in [2.75, 3.05) is 37.4 Å². The third kappa shape index (κ3) is 4.95. The van der Waals surface area contributed by atoms with E-state index in [1.807, 2.05) is 35.2 Å². The van der Waals surface area contributed by atoms with Gasteiger partial charge in [-0.3, -0.25) is 9.88 Å². The van der Waals surface area contributed by atoms with E-state index in [9.17, 15) is 4.79 Å². The first-order valence-corrected chi connectivity index (χ1v) is 12.8. The second-order valence-corrected chi connectivity index (χ2v) is 10.1. The fourth-order valence-electron chi connectivity index (χ4n) is 4.81. The lowest BCUT2D eigenvalue weighted by Gasteiger charge is -2.21. The molecule has 0 unspecified atom stereocenters. The van der Waals surface area contributed by atoms with Gasteiger partial charge >= 0.3 is 6.03 Å². The Bertz CT molecular complexity index is 1370. The van der Waals surface area contributed by atoms with Crippen LogP contribution < -0.4 is 10.2 Å². The number of carbonyl (C=O) groups excluding carboxylic acids is 1. The lowest BCUT2D eigenvalue weighted by atomic mass is 9.98. The summed E-state index contributed by atoms with van der Waals surface area (Å²) >= 11 is 3.74. The molecule has 35 heavy (non-hydrogen) atoms. The summed E-state index contributed by atoms with van der Waals surface area (Å²) in [6.07, 6.45) is 6.52. The van der Waals surface area contributed by atoms with Crippen LogP contribution in [0.4, 0.5) is 16.2 Å². The van der Waals surface area contributed by atoms with Crippen LogP contribution in [-0.2, 0) is 12.8 Å². The molecule has 1 aliphatic rings. The number of pyridine rings is 1. The molecule has 5 rings (SSSR count). The van der Waals surface area contributed by atoms with Crippen molar-refractivity contribution in [2.45, 2.75) is 19.3 Å². The maximum atomic E-state index is 13.5. The molecule has 1 aliphatic heterocycles. The van der Waals surface area contributed by atoms with Gasteiger partial charge in [-0.2, -0.15) is 0 Å². The van der Waals surface area contributed by atoms with Crippen molar-refractivity contribution in [1.29, 1.82) is 0 Å². The normalized spacial score (nSPS) is 12.9. The van der Waals surface area contributed by atoms with Gasteiger partial charge in [-0.05, 0) is 97.9 Å². The molecule has 3 aromatic carbocycles. The fourth-order valence-corrected chi connectivity index (χ4v) is 5.40. The van der Waals surface area contributed by atoms with Crippen molar-refractivity contribution >= 4 is 44.1 Å². The molecule has 4 aromatic rings. The molecule has 0 spiro atoms. The number of nitrogens with zero attached hydrogens (tertiary/aromatic N) is 3. The zero-order valence-corrected chi connectivity index (χ0v) is 21.7. The molecular formula is C29H29BrN4O. The zero-order valence-electron chi connectivity index (χ0n) is 20.1. The number of nitrogens with one attached hydrogen (secondary N) is 1. The molecule has 0 saturated carbocycles. The van der Waals surface area contributed by atoms with Gasteiger partial charge in [-0.15, -0.1) is 0 Å². The first kappa shape index (κ1) is 23.5. The second-order valence-electron chi connectivity index (χ2n) is 9.25. The molecular weight excluding hydrogens is 500 g/mol. The topological polar surface area (TPSA) is 48.5 Å². The van der Waals surface area contributed by atoms with Gasteiger partial charge in [0, 0.05) is 34.5 Å². The van der Waals surface area contributed by atoms with E-state index in [-0.39, 0.29) is 6.03 Å². The van der Waals surface area contributed by atoms with Crippen LogP contribution in [0.1, 0.15) is 17.5 Å². The molecule has 0 saturated heterocycles. The highest BCUT2D eigenvalue weighted by molar-refractivity contribution is 9.10. The number of aromatic nitrogens is 1. The van der Waals surface area contributed by atoms with Gasteiger partial charge in [-0.25, -0.2) is 4.79 Å². The first-order chi connectivity index (χ1) is 17.0. The number of aryl methyl sites for hydroxylation is 1. The maximum Gasteiger partial charge on any atom is 0.326 e. The average molecular weight is 529 g/mol. The first-order valence-electron chi connectivity index (χ1n) is 12.0. The third-order valence-electron chi connectivity index (χ3n) is 6.60. The Hall–Kier alpha value is -3.22. The van der Waals surface area contributed by atoms with Crippen molar-refractivity contribution in [3.8, 4) is 11.1 Å². The molecule has 0 radical (unpaired) electrons. The van der Waals surface area contributed by atoms with Gasteiger partial charge < -0.3 is 10.2 Å². The van der Waals surface area contributed by atoms with Crippen LogP contribution in [0.2, 0.25) is 0 Å². The highest BCUT2D eigenvalue weighted by Gasteiger charge is 2.26. The Labute approximate surface area is 214 Å². The molecule has 178 valence electrons. The van der Waals surface area contributed by atoms with Crippen LogP contribution in [0.25, 0.3) is 21.9 Å². The number of rotatable bonds is 6. The summed E-state index contributed by atoms with van der Waals surface area (Å²) in [7, 11) is 4.19. The minimum absolute atomic E-state index is 0.0906. The number of halogens is 1. The van der Waals surface area contributed by atoms with E-state index in [1.165, 1.54) is 11.1 Å². The van der Waals surface area contributed by atoms with Crippen molar-refractivity contribution < 1.29 is 4.79 Å². The molecule has 0 fully saturated rings. The van der Waals surface area contributed by atoms with Crippen LogP contribution in [0, 0.1) is 0 Å². The van der Waals surface area contributed by atoms with Crippen molar-refractivity contribution in [3.63, 3.8) is 0 Å². The highest BCUT2D eigenvalue weighted by Crippen LogP contribution is 2.36. The molecule has 5 nitrogen and oxygen atoms in total. The summed E-state index contributed by atoms with van der Waals surface area (Å²) in [5, 5.41) is 5.32. The summed E-state index contributed by atoms with van der Waals surface area (Å²) < 4.78 is 1.13. The van der Waals surface area contributed by atoms with Gasteiger partial charge in [-0.1, -0.05) is 46.3 Å². The minimum atomic E-state index is -0.0906. The molecule has 0 bridgehead atoms. The van der Waals surface area contributed by atoms with Crippen molar-refractivity contribution in [3.05, 3.63) is 88.7 Å². The highest BCUT2D eigenvalue weighted by atomic mass is 79.9. The SMILES string of the molecule is CN(C)CCCc1cc2c(cc1Br)CCN2C(=O)Nc1ccc(-c2ccncc2)c2ccccc12. The third-order valence-corrected chi connectivity index (χ3v) is 7.34. The van der Waals surface area contributed by atoms with Crippen LogP contribution in [0.5, 0.6) is 0 Å². The smallest absolute Gasteiger partial charge is 0.309 e. The summed E-state index contributed by atoms with van der Waals surface area (Å²) in [5.74, 6) is 0. The molecule has 1 aromatic heterocycles. The molecule has 0 aliphatic carbocycles. The average Bonchev–Trinajstić information content (AvgIpc) is 3.27. The maximum absolute atomic E-state index is 13.5. The summed E-state index contributed by atoms with van der Waals surface area (Å²) in [4.78, 5) is 21.7. The van der Waals surface area contributed by atoms with E-state index in [2.05, 4.69) is 75.6 Å². The summed E-state index contributed by atoms with van der Waals surface area (Å²) in [6, 6.07) is 20.6. The Morgan fingerprint density at radius 1 is 1.06 bits per heavy atom. The number of carbonyl (C=O) groups is 1. The minimum Gasteiger partial charge on any atom is -0.309 e. The van der Waals surface area contributed by atoms with Crippen LogP contribution in [0.15, 0.2) is 77.5 Å². The number of benzene rings is 3. The van der Waals surface area contributed by atoms with Crippen molar-refractivity contribution in [2.24, 2.45) is 0 Å². The Morgan fingerprint density at radius 3 is 2.60 bits per heavy atom. The van der Waals surface area contributed by atoms with Gasteiger partial charge in [0.15, 0.2) is 0 Å². The van der Waals surface area contributed by atoms with Gasteiger partial charge in [0.2, 0.25) is 0 Å². The van der Waals surface area contributed by atoms with Crippen LogP contribution >= 0.6 is 15.9 Å².